The summed E-state index contributed by atoms with van der Waals surface area (Å²) in [5.74, 6) is 0.885. The normalized spacial score (nSPS) is 14.8. The highest BCUT2D eigenvalue weighted by atomic mass is 32.1. The highest BCUT2D eigenvalue weighted by molar-refractivity contribution is 7.80. The lowest BCUT2D eigenvalue weighted by atomic mass is 10.2. The van der Waals surface area contributed by atoms with Gasteiger partial charge < -0.3 is 19.7 Å². The van der Waals surface area contributed by atoms with Gasteiger partial charge in [0.25, 0.3) is 0 Å². The summed E-state index contributed by atoms with van der Waals surface area (Å²) in [6.07, 6.45) is 3.42. The molecule has 0 saturated carbocycles. The van der Waals surface area contributed by atoms with Crippen molar-refractivity contribution in [3.05, 3.63) is 29.8 Å². The van der Waals surface area contributed by atoms with E-state index in [1.54, 1.807) is 7.11 Å². The number of rotatable bonds is 10. The highest BCUT2D eigenvalue weighted by Crippen LogP contribution is 2.13. The maximum Gasteiger partial charge on any atom is 0.169 e. The molecule has 1 aromatic carbocycles. The monoisotopic (exact) mass is 379 g/mol. The Morgan fingerprint density at radius 3 is 2.62 bits per heavy atom. The fourth-order valence-electron chi connectivity index (χ4n) is 3.00. The summed E-state index contributed by atoms with van der Waals surface area (Å²) in [4.78, 5) is 4.76. The molecule has 0 spiro atoms. The lowest BCUT2D eigenvalue weighted by Crippen LogP contribution is -2.42. The summed E-state index contributed by atoms with van der Waals surface area (Å²) in [5.41, 5.74) is 1.25. The van der Waals surface area contributed by atoms with Gasteiger partial charge in [0.1, 0.15) is 5.75 Å². The van der Waals surface area contributed by atoms with E-state index >= 15 is 0 Å². The SMILES string of the molecule is CCCCNC(=S)N(CCCN1CCOCC1)Cc1ccc(OC)cc1. The number of morpholine rings is 1. The van der Waals surface area contributed by atoms with Crippen LogP contribution in [0.2, 0.25) is 0 Å². The molecule has 2 rings (SSSR count). The van der Waals surface area contributed by atoms with Gasteiger partial charge in [0.15, 0.2) is 5.11 Å². The summed E-state index contributed by atoms with van der Waals surface area (Å²) in [6.45, 7) is 9.81. The number of ether oxygens (including phenoxy) is 2. The van der Waals surface area contributed by atoms with Crippen molar-refractivity contribution in [1.82, 2.24) is 15.1 Å². The Balaban J connectivity index is 1.87. The van der Waals surface area contributed by atoms with E-state index in [1.807, 2.05) is 12.1 Å². The third-order valence-corrected chi connectivity index (χ3v) is 5.03. The summed E-state index contributed by atoms with van der Waals surface area (Å²) in [6, 6.07) is 8.24. The number of methoxy groups -OCH3 is 1. The van der Waals surface area contributed by atoms with E-state index in [1.165, 1.54) is 12.0 Å². The second kappa shape index (κ2) is 12.1. The Labute approximate surface area is 163 Å². The Bertz CT molecular complexity index is 518. The van der Waals surface area contributed by atoms with Crippen LogP contribution in [0.4, 0.5) is 0 Å². The quantitative estimate of drug-likeness (QED) is 0.498. The molecular formula is C20H33N3O2S. The molecule has 0 bridgehead atoms. The summed E-state index contributed by atoms with van der Waals surface area (Å²) >= 11 is 5.66. The number of thiocarbonyl (C=S) groups is 1. The number of hydrogen-bond acceptors (Lipinski definition) is 4. The molecule has 146 valence electrons. The fourth-order valence-corrected chi connectivity index (χ4v) is 3.26. The maximum atomic E-state index is 5.66. The molecule has 6 heteroatoms. The molecular weight excluding hydrogens is 346 g/mol. The Kier molecular flexibility index (Phi) is 9.74. The summed E-state index contributed by atoms with van der Waals surface area (Å²) < 4.78 is 10.7. The lowest BCUT2D eigenvalue weighted by Gasteiger charge is -2.29. The van der Waals surface area contributed by atoms with Crippen LogP contribution in [0.15, 0.2) is 24.3 Å². The smallest absolute Gasteiger partial charge is 0.169 e. The van der Waals surface area contributed by atoms with Gasteiger partial charge in [-0.05, 0) is 42.8 Å². The first-order valence-electron chi connectivity index (χ1n) is 9.68. The first kappa shape index (κ1) is 20.9. The minimum atomic E-state index is 0.824. The summed E-state index contributed by atoms with van der Waals surface area (Å²) in [5, 5.41) is 4.27. The summed E-state index contributed by atoms with van der Waals surface area (Å²) in [7, 11) is 1.69. The van der Waals surface area contributed by atoms with Crippen LogP contribution in [0.1, 0.15) is 31.7 Å². The van der Waals surface area contributed by atoms with E-state index in [2.05, 4.69) is 34.2 Å². The van der Waals surface area contributed by atoms with Crippen molar-refractivity contribution >= 4 is 17.3 Å². The van der Waals surface area contributed by atoms with Gasteiger partial charge in [-0.1, -0.05) is 25.5 Å². The van der Waals surface area contributed by atoms with Gasteiger partial charge in [0, 0.05) is 39.3 Å². The first-order chi connectivity index (χ1) is 12.7. The molecule has 1 aliphatic rings. The van der Waals surface area contributed by atoms with Gasteiger partial charge in [-0.3, -0.25) is 4.90 Å². The van der Waals surface area contributed by atoms with Crippen molar-refractivity contribution in [2.75, 3.05) is 53.0 Å². The fraction of sp³-hybridized carbons (Fsp3) is 0.650. The van der Waals surface area contributed by atoms with Crippen LogP contribution in [0, 0.1) is 0 Å². The standard InChI is InChI=1S/C20H33N3O2S/c1-3-4-10-21-20(26)23(12-5-11-22-13-15-25-16-14-22)17-18-6-8-19(24-2)9-7-18/h6-9H,3-5,10-17H2,1-2H3,(H,21,26). The van der Waals surface area contributed by atoms with Gasteiger partial charge in [0.05, 0.1) is 20.3 Å². The van der Waals surface area contributed by atoms with E-state index in [4.69, 9.17) is 21.7 Å². The van der Waals surface area contributed by atoms with Crippen LogP contribution in [0.5, 0.6) is 5.75 Å². The first-order valence-corrected chi connectivity index (χ1v) is 10.1. The molecule has 1 fully saturated rings. The zero-order valence-electron chi connectivity index (χ0n) is 16.2. The van der Waals surface area contributed by atoms with Crippen molar-refractivity contribution in [3.8, 4) is 5.75 Å². The Morgan fingerprint density at radius 1 is 1.23 bits per heavy atom. The van der Waals surface area contributed by atoms with E-state index < -0.39 is 0 Å². The maximum absolute atomic E-state index is 5.66. The molecule has 0 aliphatic carbocycles. The minimum absolute atomic E-state index is 0.824. The van der Waals surface area contributed by atoms with Crippen LogP contribution < -0.4 is 10.1 Å². The average molecular weight is 380 g/mol. The van der Waals surface area contributed by atoms with E-state index in [-0.39, 0.29) is 0 Å². The van der Waals surface area contributed by atoms with Crippen molar-refractivity contribution in [3.63, 3.8) is 0 Å². The predicted octanol–water partition coefficient (Wildman–Crippen LogP) is 2.89. The Hall–Kier alpha value is -1.37. The molecule has 1 aromatic rings. The van der Waals surface area contributed by atoms with Crippen LogP contribution >= 0.6 is 12.2 Å². The van der Waals surface area contributed by atoms with Crippen molar-refractivity contribution in [2.24, 2.45) is 0 Å². The average Bonchev–Trinajstić information content (AvgIpc) is 2.68. The van der Waals surface area contributed by atoms with Crippen LogP contribution in [0.25, 0.3) is 0 Å². The predicted molar refractivity (Wildman–Crippen MR) is 111 cm³/mol. The van der Waals surface area contributed by atoms with Gasteiger partial charge in [-0.25, -0.2) is 0 Å². The number of hydrogen-bond donors (Lipinski definition) is 1. The molecule has 0 unspecified atom stereocenters. The van der Waals surface area contributed by atoms with Gasteiger partial charge in [-0.15, -0.1) is 0 Å². The molecule has 5 nitrogen and oxygen atoms in total. The lowest BCUT2D eigenvalue weighted by molar-refractivity contribution is 0.0367. The van der Waals surface area contributed by atoms with E-state index in [0.29, 0.717) is 0 Å². The third kappa shape index (κ3) is 7.48. The molecule has 1 saturated heterocycles. The van der Waals surface area contributed by atoms with Crippen LogP contribution in [-0.2, 0) is 11.3 Å². The third-order valence-electron chi connectivity index (χ3n) is 4.63. The van der Waals surface area contributed by atoms with Gasteiger partial charge in [-0.2, -0.15) is 0 Å². The topological polar surface area (TPSA) is 37.0 Å². The molecule has 0 radical (unpaired) electrons. The van der Waals surface area contributed by atoms with Crippen molar-refractivity contribution < 1.29 is 9.47 Å². The number of nitrogens with zero attached hydrogens (tertiary/aromatic N) is 2. The van der Waals surface area contributed by atoms with Crippen molar-refractivity contribution in [1.29, 1.82) is 0 Å². The zero-order chi connectivity index (χ0) is 18.6. The van der Waals surface area contributed by atoms with E-state index in [9.17, 15) is 0 Å². The number of unbranched alkanes of at least 4 members (excludes halogenated alkanes) is 1. The largest absolute Gasteiger partial charge is 0.497 e. The molecule has 1 aliphatic heterocycles. The Morgan fingerprint density at radius 2 is 1.96 bits per heavy atom. The molecule has 1 heterocycles. The van der Waals surface area contributed by atoms with Crippen LogP contribution in [0.3, 0.4) is 0 Å². The minimum Gasteiger partial charge on any atom is -0.497 e. The van der Waals surface area contributed by atoms with Gasteiger partial charge in [0.2, 0.25) is 0 Å². The van der Waals surface area contributed by atoms with E-state index in [0.717, 1.165) is 76.2 Å². The number of nitrogens with one attached hydrogen (secondary N) is 1. The second-order valence-electron chi connectivity index (χ2n) is 6.66. The molecule has 1 N–H and O–H groups in total. The second-order valence-corrected chi connectivity index (χ2v) is 7.05. The van der Waals surface area contributed by atoms with Gasteiger partial charge >= 0.3 is 0 Å². The molecule has 0 amide bonds. The zero-order valence-corrected chi connectivity index (χ0v) is 17.0. The molecule has 26 heavy (non-hydrogen) atoms. The molecule has 0 aromatic heterocycles. The highest BCUT2D eigenvalue weighted by Gasteiger charge is 2.13. The molecule has 0 atom stereocenters. The van der Waals surface area contributed by atoms with Crippen LogP contribution in [-0.4, -0.2) is 68.0 Å². The van der Waals surface area contributed by atoms with Crippen molar-refractivity contribution in [2.45, 2.75) is 32.7 Å². The number of benzene rings is 1.